The highest BCUT2D eigenvalue weighted by atomic mass is 79.9. The predicted molar refractivity (Wildman–Crippen MR) is 82.4 cm³/mol. The first-order valence-electron chi connectivity index (χ1n) is 6.50. The molecule has 0 bridgehead atoms. The summed E-state index contributed by atoms with van der Waals surface area (Å²) in [6, 6.07) is 2.80. The third-order valence-corrected chi connectivity index (χ3v) is 5.26. The van der Waals surface area contributed by atoms with Gasteiger partial charge in [0.05, 0.1) is 0 Å². The average Bonchev–Trinajstić information content (AvgIpc) is 2.77. The van der Waals surface area contributed by atoms with E-state index >= 15 is 0 Å². The molecule has 0 saturated carbocycles. The van der Waals surface area contributed by atoms with Gasteiger partial charge in [-0.15, -0.1) is 11.3 Å². The average molecular weight is 332 g/mol. The summed E-state index contributed by atoms with van der Waals surface area (Å²) in [5.74, 6) is 0. The molecule has 0 aliphatic carbocycles. The third-order valence-electron chi connectivity index (χ3n) is 3.47. The molecule has 0 aromatic carbocycles. The largest absolute Gasteiger partial charge is 0.314 e. The summed E-state index contributed by atoms with van der Waals surface area (Å²) in [5, 5.41) is 5.58. The quantitative estimate of drug-likeness (QED) is 0.893. The van der Waals surface area contributed by atoms with Crippen molar-refractivity contribution in [2.24, 2.45) is 0 Å². The van der Waals surface area contributed by atoms with Gasteiger partial charge in [-0.3, -0.25) is 0 Å². The van der Waals surface area contributed by atoms with Crippen LogP contribution in [0.1, 0.15) is 17.3 Å². The van der Waals surface area contributed by atoms with Gasteiger partial charge in [0.25, 0.3) is 0 Å². The van der Waals surface area contributed by atoms with Crippen molar-refractivity contribution in [2.75, 3.05) is 46.8 Å². The maximum Gasteiger partial charge on any atom is 0.0448 e. The Hall–Kier alpha value is 0.0600. The smallest absolute Gasteiger partial charge is 0.0448 e. The molecule has 0 spiro atoms. The van der Waals surface area contributed by atoms with Gasteiger partial charge in [-0.25, -0.2) is 0 Å². The zero-order valence-corrected chi connectivity index (χ0v) is 13.6. The number of rotatable bonds is 5. The lowest BCUT2D eigenvalue weighted by atomic mass is 10.1. The Morgan fingerprint density at radius 2 is 2.17 bits per heavy atom. The summed E-state index contributed by atoms with van der Waals surface area (Å²) in [6.45, 7) is 5.84. The van der Waals surface area contributed by atoms with Crippen LogP contribution in [0.3, 0.4) is 0 Å². The molecule has 102 valence electrons. The monoisotopic (exact) mass is 331 g/mol. The number of nitrogens with one attached hydrogen (secondary N) is 1. The van der Waals surface area contributed by atoms with E-state index in [0.29, 0.717) is 6.04 Å². The van der Waals surface area contributed by atoms with Crippen molar-refractivity contribution in [1.82, 2.24) is 15.1 Å². The van der Waals surface area contributed by atoms with Gasteiger partial charge < -0.3 is 15.1 Å². The summed E-state index contributed by atoms with van der Waals surface area (Å²) in [4.78, 5) is 6.36. The normalized spacial score (nSPS) is 19.3. The lowest BCUT2D eigenvalue weighted by molar-refractivity contribution is 0.200. The zero-order valence-electron chi connectivity index (χ0n) is 11.2. The molecule has 2 heterocycles. The van der Waals surface area contributed by atoms with Gasteiger partial charge in [-0.05, 0) is 42.5 Å². The van der Waals surface area contributed by atoms with Crippen LogP contribution in [0.2, 0.25) is 0 Å². The number of nitrogens with zero attached hydrogens (tertiary/aromatic N) is 2. The fraction of sp³-hybridized carbons (Fsp3) is 0.692. The predicted octanol–water partition coefficient (Wildman–Crippen LogP) is 2.41. The van der Waals surface area contributed by atoms with Crippen molar-refractivity contribution in [1.29, 1.82) is 0 Å². The SMILES string of the molecule is CN(C)C(CCN1CCNCC1)c1cc(Br)cs1. The van der Waals surface area contributed by atoms with Crippen molar-refractivity contribution in [3.8, 4) is 0 Å². The molecule has 1 unspecified atom stereocenters. The number of hydrogen-bond donors (Lipinski definition) is 1. The van der Waals surface area contributed by atoms with Gasteiger partial charge in [0.15, 0.2) is 0 Å². The highest BCUT2D eigenvalue weighted by molar-refractivity contribution is 9.10. The van der Waals surface area contributed by atoms with Gasteiger partial charge in [0.1, 0.15) is 0 Å². The van der Waals surface area contributed by atoms with Crippen LogP contribution in [0.4, 0.5) is 0 Å². The van der Waals surface area contributed by atoms with Gasteiger partial charge in [-0.1, -0.05) is 0 Å². The van der Waals surface area contributed by atoms with E-state index in [4.69, 9.17) is 0 Å². The first-order valence-corrected chi connectivity index (χ1v) is 8.17. The Labute approximate surface area is 122 Å². The molecule has 2 rings (SSSR count). The maximum absolute atomic E-state index is 3.55. The summed E-state index contributed by atoms with van der Waals surface area (Å²) < 4.78 is 1.21. The Bertz CT molecular complexity index is 361. The number of hydrogen-bond acceptors (Lipinski definition) is 4. The zero-order chi connectivity index (χ0) is 13.0. The summed E-state index contributed by atoms with van der Waals surface area (Å²) >= 11 is 5.40. The molecule has 1 aromatic rings. The van der Waals surface area contributed by atoms with Crippen molar-refractivity contribution in [3.63, 3.8) is 0 Å². The fourth-order valence-corrected chi connectivity index (χ4v) is 4.07. The van der Waals surface area contributed by atoms with Crippen LogP contribution in [0.5, 0.6) is 0 Å². The van der Waals surface area contributed by atoms with E-state index in [-0.39, 0.29) is 0 Å². The lowest BCUT2D eigenvalue weighted by Crippen LogP contribution is -2.44. The molecular weight excluding hydrogens is 310 g/mol. The minimum absolute atomic E-state index is 0.538. The van der Waals surface area contributed by atoms with Crippen molar-refractivity contribution in [3.05, 3.63) is 20.8 Å². The maximum atomic E-state index is 3.55. The molecule has 3 nitrogen and oxygen atoms in total. The van der Waals surface area contributed by atoms with Crippen LogP contribution in [0.25, 0.3) is 0 Å². The molecular formula is C13H22BrN3S. The Morgan fingerprint density at radius 1 is 1.44 bits per heavy atom. The Kier molecular flexibility index (Phi) is 5.63. The molecule has 1 N–H and O–H groups in total. The second-order valence-corrected chi connectivity index (χ2v) is 6.89. The molecule has 1 saturated heterocycles. The standard InChI is InChI=1S/C13H22BrN3S/c1-16(2)12(13-9-11(14)10-18-13)3-6-17-7-4-15-5-8-17/h9-10,12,15H,3-8H2,1-2H3. The van der Waals surface area contributed by atoms with E-state index in [2.05, 4.69) is 56.6 Å². The van der Waals surface area contributed by atoms with Gasteiger partial charge in [-0.2, -0.15) is 0 Å². The van der Waals surface area contributed by atoms with Gasteiger partial charge in [0.2, 0.25) is 0 Å². The van der Waals surface area contributed by atoms with E-state index in [9.17, 15) is 0 Å². The lowest BCUT2D eigenvalue weighted by Gasteiger charge is -2.30. The van der Waals surface area contributed by atoms with Crippen molar-refractivity contribution >= 4 is 27.3 Å². The van der Waals surface area contributed by atoms with Crippen LogP contribution in [-0.2, 0) is 0 Å². The summed E-state index contributed by atoms with van der Waals surface area (Å²) in [6.07, 6.45) is 1.21. The fourth-order valence-electron chi connectivity index (χ4n) is 2.40. The molecule has 1 aromatic heterocycles. The minimum Gasteiger partial charge on any atom is -0.314 e. The first kappa shape index (κ1) is 14.5. The summed E-state index contributed by atoms with van der Waals surface area (Å²) in [7, 11) is 4.35. The molecule has 1 fully saturated rings. The Balaban J connectivity index is 1.90. The minimum atomic E-state index is 0.538. The van der Waals surface area contributed by atoms with Crippen molar-refractivity contribution < 1.29 is 0 Å². The van der Waals surface area contributed by atoms with Crippen LogP contribution in [0.15, 0.2) is 15.9 Å². The molecule has 1 atom stereocenters. The van der Waals surface area contributed by atoms with Crippen LogP contribution in [0, 0.1) is 0 Å². The van der Waals surface area contributed by atoms with Crippen molar-refractivity contribution in [2.45, 2.75) is 12.5 Å². The highest BCUT2D eigenvalue weighted by Gasteiger charge is 2.18. The van der Waals surface area contributed by atoms with Gasteiger partial charge in [0, 0.05) is 53.5 Å². The van der Waals surface area contributed by atoms with E-state index in [1.54, 1.807) is 0 Å². The second-order valence-electron chi connectivity index (χ2n) is 5.03. The van der Waals surface area contributed by atoms with Crippen LogP contribution >= 0.6 is 27.3 Å². The first-order chi connectivity index (χ1) is 8.66. The van der Waals surface area contributed by atoms with Crippen LogP contribution in [-0.4, -0.2) is 56.6 Å². The molecule has 5 heteroatoms. The van der Waals surface area contributed by atoms with Gasteiger partial charge >= 0.3 is 0 Å². The number of halogens is 1. The van der Waals surface area contributed by atoms with E-state index in [0.717, 1.165) is 13.1 Å². The van der Waals surface area contributed by atoms with Crippen LogP contribution < -0.4 is 5.32 Å². The van der Waals surface area contributed by atoms with E-state index in [1.807, 2.05) is 11.3 Å². The summed E-state index contributed by atoms with van der Waals surface area (Å²) in [5.41, 5.74) is 0. The molecule has 18 heavy (non-hydrogen) atoms. The molecule has 0 amide bonds. The third kappa shape index (κ3) is 4.03. The number of piperazine rings is 1. The number of thiophene rings is 1. The van der Waals surface area contributed by atoms with E-state index < -0.39 is 0 Å². The Morgan fingerprint density at radius 3 is 2.72 bits per heavy atom. The highest BCUT2D eigenvalue weighted by Crippen LogP contribution is 2.30. The molecule has 1 aliphatic rings. The molecule has 1 aliphatic heterocycles. The topological polar surface area (TPSA) is 18.5 Å². The molecule has 0 radical (unpaired) electrons. The van der Waals surface area contributed by atoms with E-state index in [1.165, 1.54) is 35.4 Å². The second kappa shape index (κ2) is 7.01.